The molecule has 1 N–H and O–H groups in total. The van der Waals surface area contributed by atoms with Crippen molar-refractivity contribution < 1.29 is 19.0 Å². The zero-order valence-electron chi connectivity index (χ0n) is 13.1. The molecule has 1 aromatic carbocycles. The minimum absolute atomic E-state index is 0.0968. The molecule has 116 valence electrons. The first kappa shape index (κ1) is 15.7. The number of aromatic amines is 1. The Bertz CT molecular complexity index is 662. The summed E-state index contributed by atoms with van der Waals surface area (Å²) < 4.78 is 15.8. The molecule has 0 aliphatic carbocycles. The topological polar surface area (TPSA) is 60.6 Å². The van der Waals surface area contributed by atoms with Gasteiger partial charge in [-0.3, -0.25) is 4.79 Å². The lowest BCUT2D eigenvalue weighted by Crippen LogP contribution is -2.03. The average molecular weight is 301 g/mol. The number of ether oxygens (including phenoxy) is 3. The Hall–Kier alpha value is -2.69. The quantitative estimate of drug-likeness (QED) is 0.657. The highest BCUT2D eigenvalue weighted by Gasteiger charge is 2.17. The SMILES string of the molecule is COc1cc(C(=O)/C(C)=C/c2cc[nH]c2)cc(OC)c1OC. The van der Waals surface area contributed by atoms with Crippen molar-refractivity contribution in [1.82, 2.24) is 4.98 Å². The van der Waals surface area contributed by atoms with Gasteiger partial charge in [0.15, 0.2) is 17.3 Å². The predicted octanol–water partition coefficient (Wildman–Crippen LogP) is 3.33. The molecule has 0 saturated carbocycles. The van der Waals surface area contributed by atoms with Crippen molar-refractivity contribution in [2.75, 3.05) is 21.3 Å². The largest absolute Gasteiger partial charge is 0.493 e. The highest BCUT2D eigenvalue weighted by molar-refractivity contribution is 6.11. The van der Waals surface area contributed by atoms with Crippen LogP contribution in [-0.4, -0.2) is 32.1 Å². The van der Waals surface area contributed by atoms with Crippen LogP contribution in [0.5, 0.6) is 17.2 Å². The van der Waals surface area contributed by atoms with E-state index in [1.54, 1.807) is 19.1 Å². The summed E-state index contributed by atoms with van der Waals surface area (Å²) in [7, 11) is 4.57. The number of ketones is 1. The first-order chi connectivity index (χ1) is 10.6. The van der Waals surface area contributed by atoms with E-state index in [1.807, 2.05) is 24.5 Å². The van der Waals surface area contributed by atoms with E-state index >= 15 is 0 Å². The molecular weight excluding hydrogens is 282 g/mol. The summed E-state index contributed by atoms with van der Waals surface area (Å²) in [5.41, 5.74) is 2.05. The van der Waals surface area contributed by atoms with Gasteiger partial charge in [-0.05, 0) is 42.3 Å². The van der Waals surface area contributed by atoms with Gasteiger partial charge in [0, 0.05) is 18.0 Å². The van der Waals surface area contributed by atoms with Crippen molar-refractivity contribution in [2.45, 2.75) is 6.92 Å². The van der Waals surface area contributed by atoms with Gasteiger partial charge in [-0.1, -0.05) is 0 Å². The Balaban J connectivity index is 2.41. The number of allylic oxidation sites excluding steroid dienone is 1. The Kier molecular flexibility index (Phi) is 4.88. The van der Waals surface area contributed by atoms with Gasteiger partial charge in [-0.2, -0.15) is 0 Å². The molecule has 0 spiro atoms. The van der Waals surface area contributed by atoms with Crippen LogP contribution in [0.15, 0.2) is 36.2 Å². The van der Waals surface area contributed by atoms with Gasteiger partial charge in [-0.25, -0.2) is 0 Å². The maximum Gasteiger partial charge on any atom is 0.203 e. The van der Waals surface area contributed by atoms with Crippen LogP contribution in [0.25, 0.3) is 6.08 Å². The minimum atomic E-state index is -0.0968. The standard InChI is InChI=1S/C17H19NO4/c1-11(7-12-5-6-18-10-12)16(19)13-8-14(20-2)17(22-4)15(9-13)21-3/h5-10,18H,1-4H3/b11-7+. The van der Waals surface area contributed by atoms with E-state index in [-0.39, 0.29) is 5.78 Å². The number of hydrogen-bond acceptors (Lipinski definition) is 4. The molecule has 0 fully saturated rings. The Morgan fingerprint density at radius 3 is 2.18 bits per heavy atom. The van der Waals surface area contributed by atoms with Gasteiger partial charge >= 0.3 is 0 Å². The van der Waals surface area contributed by atoms with E-state index in [0.717, 1.165) is 5.56 Å². The van der Waals surface area contributed by atoms with Crippen LogP contribution in [0.3, 0.4) is 0 Å². The molecule has 0 saturated heterocycles. The highest BCUT2D eigenvalue weighted by atomic mass is 16.5. The molecule has 2 aromatic rings. The molecule has 0 amide bonds. The van der Waals surface area contributed by atoms with Crippen LogP contribution in [0.4, 0.5) is 0 Å². The zero-order valence-corrected chi connectivity index (χ0v) is 13.1. The summed E-state index contributed by atoms with van der Waals surface area (Å²) in [5, 5.41) is 0. The van der Waals surface area contributed by atoms with E-state index < -0.39 is 0 Å². The van der Waals surface area contributed by atoms with Crippen molar-refractivity contribution in [1.29, 1.82) is 0 Å². The minimum Gasteiger partial charge on any atom is -0.493 e. The fourth-order valence-corrected chi connectivity index (χ4v) is 2.18. The van der Waals surface area contributed by atoms with Crippen LogP contribution in [0, 0.1) is 0 Å². The molecule has 0 unspecified atom stereocenters. The van der Waals surface area contributed by atoms with Crippen LogP contribution >= 0.6 is 0 Å². The molecule has 5 nitrogen and oxygen atoms in total. The molecule has 22 heavy (non-hydrogen) atoms. The molecule has 1 aromatic heterocycles. The number of H-pyrrole nitrogens is 1. The van der Waals surface area contributed by atoms with Crippen molar-refractivity contribution in [2.24, 2.45) is 0 Å². The van der Waals surface area contributed by atoms with Crippen LogP contribution in [0.1, 0.15) is 22.8 Å². The second-order valence-electron chi connectivity index (χ2n) is 4.71. The first-order valence-electron chi connectivity index (χ1n) is 6.76. The van der Waals surface area contributed by atoms with Crippen molar-refractivity contribution in [3.05, 3.63) is 47.3 Å². The number of carbonyl (C=O) groups excluding carboxylic acids is 1. The number of methoxy groups -OCH3 is 3. The molecular formula is C17H19NO4. The van der Waals surface area contributed by atoms with E-state index in [4.69, 9.17) is 14.2 Å². The van der Waals surface area contributed by atoms with Gasteiger partial charge < -0.3 is 19.2 Å². The predicted molar refractivity (Wildman–Crippen MR) is 84.9 cm³/mol. The summed E-state index contributed by atoms with van der Waals surface area (Å²) in [4.78, 5) is 15.5. The lowest BCUT2D eigenvalue weighted by atomic mass is 10.0. The summed E-state index contributed by atoms with van der Waals surface area (Å²) in [5.74, 6) is 1.29. The molecule has 1 heterocycles. The summed E-state index contributed by atoms with van der Waals surface area (Å²) in [6.07, 6.45) is 5.46. The van der Waals surface area contributed by atoms with Crippen molar-refractivity contribution >= 4 is 11.9 Å². The number of nitrogens with one attached hydrogen (secondary N) is 1. The second kappa shape index (κ2) is 6.85. The third kappa shape index (κ3) is 3.14. The van der Waals surface area contributed by atoms with Gasteiger partial charge in [0.2, 0.25) is 5.75 Å². The monoisotopic (exact) mass is 301 g/mol. The lowest BCUT2D eigenvalue weighted by molar-refractivity contribution is 0.103. The number of rotatable bonds is 6. The number of carbonyl (C=O) groups is 1. The fraction of sp³-hybridized carbons (Fsp3) is 0.235. The Morgan fingerprint density at radius 2 is 1.73 bits per heavy atom. The number of aromatic nitrogens is 1. The maximum atomic E-state index is 12.6. The van der Waals surface area contributed by atoms with Crippen LogP contribution in [0.2, 0.25) is 0 Å². The Labute approximate surface area is 129 Å². The summed E-state index contributed by atoms with van der Waals surface area (Å²) in [6.45, 7) is 1.78. The zero-order chi connectivity index (χ0) is 16.1. The molecule has 2 rings (SSSR count). The molecule has 0 aliphatic heterocycles. The average Bonchev–Trinajstić information content (AvgIpc) is 3.05. The molecule has 0 bridgehead atoms. The van der Waals surface area contributed by atoms with Crippen LogP contribution in [-0.2, 0) is 0 Å². The van der Waals surface area contributed by atoms with E-state index in [0.29, 0.717) is 28.4 Å². The van der Waals surface area contributed by atoms with Gasteiger partial charge in [0.1, 0.15) is 0 Å². The van der Waals surface area contributed by atoms with E-state index in [2.05, 4.69) is 4.98 Å². The number of Topliss-reactive ketones (excluding diaryl/α,β-unsaturated/α-hetero) is 1. The van der Waals surface area contributed by atoms with Gasteiger partial charge in [-0.15, -0.1) is 0 Å². The normalized spacial score (nSPS) is 11.2. The third-order valence-corrected chi connectivity index (χ3v) is 3.29. The maximum absolute atomic E-state index is 12.6. The number of hydrogen-bond donors (Lipinski definition) is 1. The Morgan fingerprint density at radius 1 is 1.09 bits per heavy atom. The molecule has 5 heteroatoms. The second-order valence-corrected chi connectivity index (χ2v) is 4.71. The van der Waals surface area contributed by atoms with Crippen molar-refractivity contribution in [3.63, 3.8) is 0 Å². The van der Waals surface area contributed by atoms with Gasteiger partial charge in [0.25, 0.3) is 0 Å². The third-order valence-electron chi connectivity index (χ3n) is 3.29. The summed E-state index contributed by atoms with van der Waals surface area (Å²) >= 11 is 0. The first-order valence-corrected chi connectivity index (χ1v) is 6.76. The molecule has 0 radical (unpaired) electrons. The van der Waals surface area contributed by atoms with Crippen molar-refractivity contribution in [3.8, 4) is 17.2 Å². The van der Waals surface area contributed by atoms with Gasteiger partial charge in [0.05, 0.1) is 21.3 Å². The fourth-order valence-electron chi connectivity index (χ4n) is 2.18. The smallest absolute Gasteiger partial charge is 0.203 e. The highest BCUT2D eigenvalue weighted by Crippen LogP contribution is 2.38. The molecule has 0 aliphatic rings. The lowest BCUT2D eigenvalue weighted by Gasteiger charge is -2.13. The van der Waals surface area contributed by atoms with Crippen LogP contribution < -0.4 is 14.2 Å². The molecule has 0 atom stereocenters. The van der Waals surface area contributed by atoms with E-state index in [9.17, 15) is 4.79 Å². The van der Waals surface area contributed by atoms with E-state index in [1.165, 1.54) is 21.3 Å². The summed E-state index contributed by atoms with van der Waals surface area (Å²) in [6, 6.07) is 5.20. The number of benzene rings is 1.